The summed E-state index contributed by atoms with van der Waals surface area (Å²) in [5.41, 5.74) is 9.27. The Bertz CT molecular complexity index is 1240. The number of hydrazine groups is 1. The van der Waals surface area contributed by atoms with Gasteiger partial charge in [-0.2, -0.15) is 13.5 Å². The fourth-order valence-corrected chi connectivity index (χ4v) is 4.99. The van der Waals surface area contributed by atoms with Crippen molar-refractivity contribution in [2.75, 3.05) is 45.6 Å². The lowest BCUT2D eigenvalue weighted by Gasteiger charge is -2.50. The Hall–Kier alpha value is -2.98. The van der Waals surface area contributed by atoms with E-state index in [1.807, 2.05) is 17.1 Å². The van der Waals surface area contributed by atoms with Gasteiger partial charge in [0.25, 0.3) is 11.8 Å². The van der Waals surface area contributed by atoms with Crippen LogP contribution in [0.2, 0.25) is 0 Å². The number of β-lactam (4-membered cyclic amide) rings is 1. The van der Waals surface area contributed by atoms with Crippen LogP contribution in [-0.2, 0) is 38.6 Å². The lowest BCUT2D eigenvalue weighted by atomic mass is 9.84. The normalized spacial score (nSPS) is 22.7. The Morgan fingerprint density at radius 3 is 2.62 bits per heavy atom. The molecule has 3 atom stereocenters. The van der Waals surface area contributed by atoms with E-state index in [0.29, 0.717) is 24.7 Å². The van der Waals surface area contributed by atoms with E-state index in [1.54, 1.807) is 0 Å². The number of anilines is 1. The van der Waals surface area contributed by atoms with Crippen LogP contribution in [0.25, 0.3) is 0 Å². The first-order chi connectivity index (χ1) is 18.6. The number of carbonyl (C=O) groups excluding carboxylic acids is 2. The number of nitrogens with one attached hydrogen (secondary N) is 1. The molecule has 2 unspecified atom stereocenters. The molecule has 0 spiro atoms. The van der Waals surface area contributed by atoms with Gasteiger partial charge in [-0.25, -0.2) is 19.8 Å². The molecular weight excluding hydrogens is 576 g/mol. The summed E-state index contributed by atoms with van der Waals surface area (Å²) >= 11 is 0.972. The maximum atomic E-state index is 13.1. The van der Waals surface area contributed by atoms with Gasteiger partial charge in [0, 0.05) is 32.1 Å². The minimum absolute atomic E-state index is 0.0614. The molecule has 2 aliphatic rings. The van der Waals surface area contributed by atoms with Crippen LogP contribution in [0.5, 0.6) is 0 Å². The number of nitrogens with two attached hydrogens (primary N) is 2. The van der Waals surface area contributed by atoms with Crippen molar-refractivity contribution >= 4 is 50.4 Å². The highest BCUT2D eigenvalue weighted by atomic mass is 32.3. The van der Waals surface area contributed by atoms with Crippen molar-refractivity contribution in [2.45, 2.75) is 44.1 Å². The van der Waals surface area contributed by atoms with Gasteiger partial charge >= 0.3 is 16.4 Å². The molecule has 2 fully saturated rings. The SMILES string of the molecule is CN1CC(OC[C@H](ON=C(C(=O)NC2C(=O)N(OS(=O)(=O)O)C2(C)C)c2csc(N)n2)C(=O)O)CN1CCCN. The molecule has 20 heteroatoms. The second-order valence-electron chi connectivity index (χ2n) is 9.49. The highest BCUT2D eigenvalue weighted by molar-refractivity contribution is 7.80. The van der Waals surface area contributed by atoms with E-state index >= 15 is 0 Å². The Kier molecular flexibility index (Phi) is 10.0. The summed E-state index contributed by atoms with van der Waals surface area (Å²) in [5, 5.41) is 21.5. The summed E-state index contributed by atoms with van der Waals surface area (Å²) in [4.78, 5) is 46.5. The van der Waals surface area contributed by atoms with Gasteiger partial charge in [0.1, 0.15) is 11.7 Å². The molecule has 40 heavy (non-hydrogen) atoms. The van der Waals surface area contributed by atoms with Crippen molar-refractivity contribution in [1.29, 1.82) is 0 Å². The molecule has 0 saturated carbocycles. The number of ether oxygens (including phenoxy) is 1. The van der Waals surface area contributed by atoms with Crippen molar-refractivity contribution in [3.63, 3.8) is 0 Å². The number of thiazole rings is 1. The first-order valence-electron chi connectivity index (χ1n) is 11.9. The van der Waals surface area contributed by atoms with E-state index < -0.39 is 51.6 Å². The molecule has 0 radical (unpaired) electrons. The lowest BCUT2D eigenvalue weighted by Crippen LogP contribution is -2.76. The third kappa shape index (κ3) is 7.60. The third-order valence-corrected chi connectivity index (χ3v) is 7.13. The van der Waals surface area contributed by atoms with Crippen LogP contribution in [0.1, 0.15) is 26.0 Å². The van der Waals surface area contributed by atoms with Gasteiger partial charge in [0.2, 0.25) is 6.10 Å². The summed E-state index contributed by atoms with van der Waals surface area (Å²) in [6.45, 7) is 4.67. The number of amides is 2. The molecule has 2 amide bonds. The average Bonchev–Trinajstić information content (AvgIpc) is 3.45. The van der Waals surface area contributed by atoms with Crippen LogP contribution in [-0.4, -0.2) is 125 Å². The van der Waals surface area contributed by atoms with Crippen LogP contribution >= 0.6 is 11.3 Å². The third-order valence-electron chi connectivity index (χ3n) is 6.12. The molecule has 3 heterocycles. The van der Waals surface area contributed by atoms with E-state index in [1.165, 1.54) is 19.2 Å². The van der Waals surface area contributed by atoms with Crippen LogP contribution in [0, 0.1) is 0 Å². The molecule has 224 valence electrons. The van der Waals surface area contributed by atoms with Gasteiger partial charge in [-0.15, -0.1) is 15.6 Å². The number of aliphatic carboxylic acids is 1. The fourth-order valence-electron chi connectivity index (χ4n) is 3.99. The number of rotatable bonds is 14. The van der Waals surface area contributed by atoms with E-state index in [-0.39, 0.29) is 23.5 Å². The zero-order valence-electron chi connectivity index (χ0n) is 21.9. The number of hydrogen-bond donors (Lipinski definition) is 5. The number of likely N-dealkylation sites (N-methyl/N-ethyl adjacent to an activating group) is 1. The Morgan fingerprint density at radius 2 is 2.08 bits per heavy atom. The second-order valence-corrected chi connectivity index (χ2v) is 11.4. The summed E-state index contributed by atoms with van der Waals surface area (Å²) in [7, 11) is -3.12. The van der Waals surface area contributed by atoms with Gasteiger partial charge in [0.15, 0.2) is 10.8 Å². The van der Waals surface area contributed by atoms with Crippen molar-refractivity contribution in [3.05, 3.63) is 11.1 Å². The number of aromatic nitrogens is 1. The molecule has 3 rings (SSSR count). The number of carboxylic acids is 1. The van der Waals surface area contributed by atoms with E-state index in [2.05, 4.69) is 19.7 Å². The maximum Gasteiger partial charge on any atom is 0.418 e. The molecule has 2 aliphatic heterocycles. The van der Waals surface area contributed by atoms with Crippen LogP contribution < -0.4 is 16.8 Å². The van der Waals surface area contributed by atoms with Gasteiger partial charge in [-0.1, -0.05) is 5.16 Å². The summed E-state index contributed by atoms with van der Waals surface area (Å²) in [6, 6.07) is -1.30. The molecule has 0 bridgehead atoms. The van der Waals surface area contributed by atoms with Crippen molar-refractivity contribution < 1.29 is 46.3 Å². The van der Waals surface area contributed by atoms with E-state index in [0.717, 1.165) is 24.3 Å². The topological polar surface area (TPSA) is 253 Å². The number of nitrogen functional groups attached to an aromatic ring is 1. The maximum absolute atomic E-state index is 13.1. The molecule has 1 aromatic heterocycles. The Morgan fingerprint density at radius 1 is 1.38 bits per heavy atom. The number of hydrogen-bond acceptors (Lipinski definition) is 15. The number of carboxylic acid groups (broad SMARTS) is 1. The average molecular weight is 609 g/mol. The summed E-state index contributed by atoms with van der Waals surface area (Å²) < 4.78 is 41.0. The fraction of sp³-hybridized carbons (Fsp3) is 0.650. The zero-order chi connectivity index (χ0) is 29.8. The predicted molar refractivity (Wildman–Crippen MR) is 139 cm³/mol. The minimum Gasteiger partial charge on any atom is -0.478 e. The van der Waals surface area contributed by atoms with Gasteiger partial charge < -0.3 is 31.5 Å². The lowest BCUT2D eigenvalue weighted by molar-refractivity contribution is -0.218. The largest absolute Gasteiger partial charge is 0.478 e. The minimum atomic E-state index is -5.00. The Balaban J connectivity index is 1.70. The van der Waals surface area contributed by atoms with Gasteiger partial charge in [0.05, 0.1) is 18.2 Å². The summed E-state index contributed by atoms with van der Waals surface area (Å²) in [6.07, 6.45) is -1.12. The molecule has 7 N–H and O–H groups in total. The first kappa shape index (κ1) is 31.5. The zero-order valence-corrected chi connectivity index (χ0v) is 23.6. The smallest absolute Gasteiger partial charge is 0.418 e. The number of oxime groups is 1. The van der Waals surface area contributed by atoms with Crippen molar-refractivity contribution in [1.82, 2.24) is 25.4 Å². The number of nitrogens with zero attached hydrogens (tertiary/aromatic N) is 5. The van der Waals surface area contributed by atoms with Crippen LogP contribution in [0.3, 0.4) is 0 Å². The van der Waals surface area contributed by atoms with Crippen molar-refractivity contribution in [2.24, 2.45) is 10.9 Å². The standard InChI is InChI=1S/C20H32N8O10S2/c1-20(2)15(17(30)28(20)38-40(33,34)35)24-16(29)14(12-10-39-19(22)23-12)25-37-13(18(31)32)9-36-11-7-26(3)27(8-11)6-4-5-21/h10-11,13,15H,4-9,21H2,1-3H3,(H2,22,23)(H,24,29)(H,31,32)(H,33,34,35)/t11?,13-,15?/m0/s1. The van der Waals surface area contributed by atoms with Gasteiger partial charge in [-0.3, -0.25) is 14.1 Å². The van der Waals surface area contributed by atoms with E-state index in [9.17, 15) is 27.9 Å². The molecule has 18 nitrogen and oxygen atoms in total. The van der Waals surface area contributed by atoms with Crippen LogP contribution in [0.15, 0.2) is 10.5 Å². The Labute approximate surface area is 233 Å². The number of carbonyl (C=O) groups is 3. The molecular formula is C20H32N8O10S2. The highest BCUT2D eigenvalue weighted by Gasteiger charge is 2.58. The molecule has 0 aliphatic carbocycles. The number of hydroxylamine groups is 2. The van der Waals surface area contributed by atoms with Gasteiger partial charge in [-0.05, 0) is 26.8 Å². The predicted octanol–water partition coefficient (Wildman–Crippen LogP) is -2.36. The quantitative estimate of drug-likeness (QED) is 0.0640. The molecule has 2 saturated heterocycles. The summed E-state index contributed by atoms with van der Waals surface area (Å²) in [5.74, 6) is -3.38. The molecule has 1 aromatic rings. The molecule has 0 aromatic carbocycles. The second kappa shape index (κ2) is 12.7. The first-order valence-corrected chi connectivity index (χ1v) is 14.2. The van der Waals surface area contributed by atoms with Crippen LogP contribution in [0.4, 0.5) is 5.13 Å². The monoisotopic (exact) mass is 608 g/mol. The van der Waals surface area contributed by atoms with Crippen molar-refractivity contribution in [3.8, 4) is 0 Å². The highest BCUT2D eigenvalue weighted by Crippen LogP contribution is 2.33. The van der Waals surface area contributed by atoms with E-state index in [4.69, 9.17) is 25.6 Å².